The number of methoxy groups -OCH3 is 1. The van der Waals surface area contributed by atoms with E-state index in [-0.39, 0.29) is 13.2 Å². The lowest BCUT2D eigenvalue weighted by molar-refractivity contribution is -0.131. The molecule has 110 valence electrons. The molecule has 0 spiro atoms. The van der Waals surface area contributed by atoms with Gasteiger partial charge in [0, 0.05) is 18.7 Å². The molecule has 0 bridgehead atoms. The van der Waals surface area contributed by atoms with Crippen molar-refractivity contribution in [1.29, 1.82) is 0 Å². The minimum Gasteiger partial charge on any atom is -0.491 e. The van der Waals surface area contributed by atoms with Gasteiger partial charge in [-0.05, 0) is 12.1 Å². The minimum atomic E-state index is -1.12. The second-order valence-electron chi connectivity index (χ2n) is 3.95. The van der Waals surface area contributed by atoms with Crippen molar-refractivity contribution in [2.24, 2.45) is 0 Å². The van der Waals surface area contributed by atoms with Gasteiger partial charge in [0.05, 0.1) is 6.61 Å². The fourth-order valence-corrected chi connectivity index (χ4v) is 1.68. The van der Waals surface area contributed by atoms with Crippen molar-refractivity contribution in [3.05, 3.63) is 42.0 Å². The van der Waals surface area contributed by atoms with Gasteiger partial charge in [0.2, 0.25) is 0 Å². The Hall–Kier alpha value is -1.89. The van der Waals surface area contributed by atoms with E-state index in [2.05, 4.69) is 0 Å². The summed E-state index contributed by atoms with van der Waals surface area (Å²) < 4.78 is 10.4. The van der Waals surface area contributed by atoms with Crippen molar-refractivity contribution in [2.75, 3.05) is 20.3 Å². The van der Waals surface area contributed by atoms with Crippen molar-refractivity contribution in [2.45, 2.75) is 12.2 Å². The third-order valence-electron chi connectivity index (χ3n) is 2.60. The molecule has 1 aromatic rings. The Labute approximate surface area is 116 Å². The molecule has 6 nitrogen and oxygen atoms in total. The lowest BCUT2D eigenvalue weighted by atomic mass is 10.0. The van der Waals surface area contributed by atoms with Gasteiger partial charge in [-0.1, -0.05) is 18.2 Å². The Morgan fingerprint density at radius 3 is 2.70 bits per heavy atom. The first-order chi connectivity index (χ1) is 9.60. The van der Waals surface area contributed by atoms with E-state index in [4.69, 9.17) is 19.7 Å². The average Bonchev–Trinajstić information content (AvgIpc) is 2.45. The van der Waals surface area contributed by atoms with E-state index in [1.807, 2.05) is 0 Å². The average molecular weight is 282 g/mol. The molecule has 0 aliphatic rings. The standard InChI is InChI=1S/C14H18O6/c1-19-12(6-7-13(16)17)14(18)10-4-2-3-5-11(10)20-9-8-15/h2-7,12,14-15,18H,8-9H2,1H3,(H,16,17)/b7-6+/t12-,14-/m0/s1. The predicted molar refractivity (Wildman–Crippen MR) is 71.6 cm³/mol. The maximum absolute atomic E-state index is 10.5. The number of para-hydroxylation sites is 1. The van der Waals surface area contributed by atoms with E-state index in [1.54, 1.807) is 24.3 Å². The number of hydrogen-bond donors (Lipinski definition) is 3. The molecule has 1 aromatic carbocycles. The van der Waals surface area contributed by atoms with Crippen LogP contribution >= 0.6 is 0 Å². The van der Waals surface area contributed by atoms with Crippen molar-refractivity contribution >= 4 is 5.97 Å². The Balaban J connectivity index is 2.93. The zero-order valence-electron chi connectivity index (χ0n) is 11.1. The van der Waals surface area contributed by atoms with Gasteiger partial charge in [0.1, 0.15) is 24.6 Å². The molecule has 0 saturated carbocycles. The lowest BCUT2D eigenvalue weighted by Gasteiger charge is -2.21. The molecule has 0 radical (unpaired) electrons. The molecule has 0 aromatic heterocycles. The van der Waals surface area contributed by atoms with Crippen LogP contribution in [0.25, 0.3) is 0 Å². The quantitative estimate of drug-likeness (QED) is 0.609. The van der Waals surface area contributed by atoms with Gasteiger partial charge in [-0.3, -0.25) is 0 Å². The van der Waals surface area contributed by atoms with Gasteiger partial charge in [-0.15, -0.1) is 0 Å². The molecule has 3 N–H and O–H groups in total. The topological polar surface area (TPSA) is 96.2 Å². The zero-order valence-corrected chi connectivity index (χ0v) is 11.1. The summed E-state index contributed by atoms with van der Waals surface area (Å²) in [6, 6.07) is 6.76. The van der Waals surface area contributed by atoms with Crippen molar-refractivity contribution in [3.63, 3.8) is 0 Å². The third-order valence-corrected chi connectivity index (χ3v) is 2.60. The number of ether oxygens (including phenoxy) is 2. The van der Waals surface area contributed by atoms with Crippen molar-refractivity contribution < 1.29 is 29.6 Å². The van der Waals surface area contributed by atoms with Gasteiger partial charge in [-0.25, -0.2) is 4.79 Å². The Kier molecular flexibility index (Phi) is 6.72. The first-order valence-electron chi connectivity index (χ1n) is 6.04. The van der Waals surface area contributed by atoms with E-state index < -0.39 is 18.2 Å². The smallest absolute Gasteiger partial charge is 0.328 e. The van der Waals surface area contributed by atoms with Crippen LogP contribution < -0.4 is 4.74 Å². The zero-order chi connectivity index (χ0) is 15.0. The van der Waals surface area contributed by atoms with Crippen molar-refractivity contribution in [3.8, 4) is 5.75 Å². The van der Waals surface area contributed by atoms with Gasteiger partial charge in [-0.2, -0.15) is 0 Å². The highest BCUT2D eigenvalue weighted by atomic mass is 16.5. The molecule has 6 heteroatoms. The molecule has 1 rings (SSSR count). The van der Waals surface area contributed by atoms with Crippen LogP contribution in [0, 0.1) is 0 Å². The summed E-state index contributed by atoms with van der Waals surface area (Å²) in [5.74, 6) is -0.705. The number of benzene rings is 1. The van der Waals surface area contributed by atoms with Crippen LogP contribution in [-0.2, 0) is 9.53 Å². The molecule has 0 saturated heterocycles. The Morgan fingerprint density at radius 2 is 2.10 bits per heavy atom. The number of carboxylic acids is 1. The van der Waals surface area contributed by atoms with Crippen LogP contribution in [0.1, 0.15) is 11.7 Å². The van der Waals surface area contributed by atoms with E-state index in [1.165, 1.54) is 13.2 Å². The van der Waals surface area contributed by atoms with Crippen LogP contribution in [-0.4, -0.2) is 47.7 Å². The largest absolute Gasteiger partial charge is 0.491 e. The first-order valence-corrected chi connectivity index (χ1v) is 6.04. The summed E-state index contributed by atoms with van der Waals surface area (Å²) >= 11 is 0. The van der Waals surface area contributed by atoms with Crippen LogP contribution in [0.5, 0.6) is 5.75 Å². The number of carboxylic acid groups (broad SMARTS) is 1. The molecule has 2 atom stereocenters. The fraction of sp³-hybridized carbons (Fsp3) is 0.357. The van der Waals surface area contributed by atoms with E-state index >= 15 is 0 Å². The van der Waals surface area contributed by atoms with Gasteiger partial charge >= 0.3 is 5.97 Å². The highest BCUT2D eigenvalue weighted by Crippen LogP contribution is 2.28. The van der Waals surface area contributed by atoms with Crippen LogP contribution in [0.2, 0.25) is 0 Å². The van der Waals surface area contributed by atoms with Gasteiger partial charge < -0.3 is 24.8 Å². The van der Waals surface area contributed by atoms with E-state index in [0.29, 0.717) is 11.3 Å². The highest BCUT2D eigenvalue weighted by molar-refractivity contribution is 5.79. The molecule has 0 unspecified atom stereocenters. The molecule has 0 heterocycles. The van der Waals surface area contributed by atoms with Crippen LogP contribution in [0.15, 0.2) is 36.4 Å². The molecular formula is C14H18O6. The summed E-state index contributed by atoms with van der Waals surface area (Å²) in [5, 5.41) is 27.6. The number of aliphatic carboxylic acids is 1. The predicted octanol–water partition coefficient (Wildman–Crippen LogP) is 0.747. The number of rotatable bonds is 8. The molecule has 0 aliphatic heterocycles. The third kappa shape index (κ3) is 4.65. The highest BCUT2D eigenvalue weighted by Gasteiger charge is 2.21. The SMILES string of the molecule is CO[C@@H](/C=C/C(=O)O)[C@@H](O)c1ccccc1OCCO. The van der Waals surface area contributed by atoms with Crippen LogP contribution in [0.4, 0.5) is 0 Å². The second kappa shape index (κ2) is 8.31. The number of hydrogen-bond acceptors (Lipinski definition) is 5. The summed E-state index contributed by atoms with van der Waals surface area (Å²) in [6.07, 6.45) is 0.278. The maximum atomic E-state index is 10.5. The number of aliphatic hydroxyl groups excluding tert-OH is 2. The summed E-state index contributed by atoms with van der Waals surface area (Å²) in [7, 11) is 1.37. The maximum Gasteiger partial charge on any atom is 0.328 e. The molecule has 0 fully saturated rings. The first kappa shape index (κ1) is 16.2. The molecule has 20 heavy (non-hydrogen) atoms. The molecule has 0 amide bonds. The lowest BCUT2D eigenvalue weighted by Crippen LogP contribution is -2.20. The number of carbonyl (C=O) groups is 1. The monoisotopic (exact) mass is 282 g/mol. The summed E-state index contributed by atoms with van der Waals surface area (Å²) in [4.78, 5) is 10.5. The van der Waals surface area contributed by atoms with E-state index in [9.17, 15) is 9.90 Å². The normalized spacial score (nSPS) is 14.2. The Bertz CT molecular complexity index is 457. The molecule has 0 aliphatic carbocycles. The fourth-order valence-electron chi connectivity index (χ4n) is 1.68. The summed E-state index contributed by atoms with van der Waals surface area (Å²) in [5.41, 5.74) is 0.461. The van der Waals surface area contributed by atoms with Crippen molar-refractivity contribution in [1.82, 2.24) is 0 Å². The minimum absolute atomic E-state index is 0.104. The van der Waals surface area contributed by atoms with Crippen LogP contribution in [0.3, 0.4) is 0 Å². The molecular weight excluding hydrogens is 264 g/mol. The van der Waals surface area contributed by atoms with Gasteiger partial charge in [0.15, 0.2) is 0 Å². The Morgan fingerprint density at radius 1 is 1.40 bits per heavy atom. The second-order valence-corrected chi connectivity index (χ2v) is 3.95. The summed E-state index contributed by atoms with van der Waals surface area (Å²) in [6.45, 7) is -0.0383. The van der Waals surface area contributed by atoms with E-state index in [0.717, 1.165) is 6.08 Å². The number of aliphatic hydroxyl groups is 2. The van der Waals surface area contributed by atoms with Gasteiger partial charge in [0.25, 0.3) is 0 Å².